The first-order valence-electron chi connectivity index (χ1n) is 7.56. The van der Waals surface area contributed by atoms with Crippen LogP contribution in [0.5, 0.6) is 11.5 Å². The summed E-state index contributed by atoms with van der Waals surface area (Å²) in [5.41, 5.74) is 2.60. The number of carbonyl (C=O) groups is 1. The molecular weight excluding hydrogens is 302 g/mol. The molecule has 0 saturated carbocycles. The van der Waals surface area contributed by atoms with Gasteiger partial charge in [-0.05, 0) is 48.9 Å². The van der Waals surface area contributed by atoms with Gasteiger partial charge in [0, 0.05) is 11.8 Å². The molecule has 2 N–H and O–H groups in total. The van der Waals surface area contributed by atoms with Crippen LogP contribution in [0.2, 0.25) is 0 Å². The van der Waals surface area contributed by atoms with Crippen molar-refractivity contribution in [2.75, 3.05) is 5.32 Å². The lowest BCUT2D eigenvalue weighted by atomic mass is 10.1. The zero-order valence-corrected chi connectivity index (χ0v) is 13.2. The SMILES string of the molecule is Cc1cccc(Nc2cc(Oc3ccccc3)ccc2C(=O)O)c1. The van der Waals surface area contributed by atoms with E-state index in [0.29, 0.717) is 17.2 Å². The summed E-state index contributed by atoms with van der Waals surface area (Å²) >= 11 is 0. The standard InChI is InChI=1S/C20H17NO3/c1-14-6-5-7-15(12-14)21-19-13-17(10-11-18(19)20(22)23)24-16-8-3-2-4-9-16/h2-13,21H,1H3,(H,22,23). The molecule has 3 rings (SSSR count). The molecule has 3 aromatic rings. The number of hydrogen-bond acceptors (Lipinski definition) is 3. The molecule has 120 valence electrons. The summed E-state index contributed by atoms with van der Waals surface area (Å²) in [6.45, 7) is 1.98. The van der Waals surface area contributed by atoms with Crippen LogP contribution in [0, 0.1) is 6.92 Å². The Hall–Kier alpha value is -3.27. The van der Waals surface area contributed by atoms with Crippen molar-refractivity contribution in [3.05, 3.63) is 83.9 Å². The molecule has 0 aliphatic carbocycles. The lowest BCUT2D eigenvalue weighted by Gasteiger charge is -2.13. The van der Waals surface area contributed by atoms with Crippen LogP contribution >= 0.6 is 0 Å². The number of rotatable bonds is 5. The molecule has 0 bridgehead atoms. The highest BCUT2D eigenvalue weighted by Gasteiger charge is 2.12. The molecule has 4 nitrogen and oxygen atoms in total. The Kier molecular flexibility index (Phi) is 4.47. The lowest BCUT2D eigenvalue weighted by molar-refractivity contribution is 0.0698. The molecule has 0 aliphatic heterocycles. The maximum atomic E-state index is 11.5. The van der Waals surface area contributed by atoms with E-state index in [1.807, 2.05) is 61.5 Å². The fourth-order valence-corrected chi connectivity index (χ4v) is 2.38. The molecule has 0 heterocycles. The fraction of sp³-hybridized carbons (Fsp3) is 0.0500. The van der Waals surface area contributed by atoms with E-state index in [1.165, 1.54) is 0 Å². The van der Waals surface area contributed by atoms with Crippen LogP contribution in [-0.4, -0.2) is 11.1 Å². The Morgan fingerprint density at radius 3 is 2.42 bits per heavy atom. The van der Waals surface area contributed by atoms with Crippen molar-refractivity contribution in [1.29, 1.82) is 0 Å². The van der Waals surface area contributed by atoms with E-state index in [9.17, 15) is 9.90 Å². The number of nitrogens with one attached hydrogen (secondary N) is 1. The Labute approximate surface area is 140 Å². The van der Waals surface area contributed by atoms with E-state index in [-0.39, 0.29) is 5.56 Å². The van der Waals surface area contributed by atoms with Crippen molar-refractivity contribution >= 4 is 17.3 Å². The number of aryl methyl sites for hydroxylation is 1. The van der Waals surface area contributed by atoms with Crippen LogP contribution < -0.4 is 10.1 Å². The van der Waals surface area contributed by atoms with Crippen molar-refractivity contribution in [3.63, 3.8) is 0 Å². The van der Waals surface area contributed by atoms with Crippen molar-refractivity contribution in [2.45, 2.75) is 6.92 Å². The summed E-state index contributed by atoms with van der Waals surface area (Å²) in [5, 5.41) is 12.6. The number of anilines is 2. The molecule has 0 spiro atoms. The average molecular weight is 319 g/mol. The Balaban J connectivity index is 1.92. The zero-order chi connectivity index (χ0) is 16.9. The molecule has 0 atom stereocenters. The normalized spacial score (nSPS) is 10.2. The number of aromatic carboxylic acids is 1. The van der Waals surface area contributed by atoms with Crippen molar-refractivity contribution in [3.8, 4) is 11.5 Å². The van der Waals surface area contributed by atoms with Gasteiger partial charge in [0.05, 0.1) is 11.3 Å². The van der Waals surface area contributed by atoms with Gasteiger partial charge in [0.15, 0.2) is 0 Å². The summed E-state index contributed by atoms with van der Waals surface area (Å²) in [4.78, 5) is 11.5. The highest BCUT2D eigenvalue weighted by Crippen LogP contribution is 2.29. The van der Waals surface area contributed by atoms with E-state index in [4.69, 9.17) is 4.74 Å². The molecule has 3 aromatic carbocycles. The lowest BCUT2D eigenvalue weighted by Crippen LogP contribution is -2.03. The number of hydrogen-bond donors (Lipinski definition) is 2. The van der Waals surface area contributed by atoms with Crippen molar-refractivity contribution < 1.29 is 14.6 Å². The monoisotopic (exact) mass is 319 g/mol. The second kappa shape index (κ2) is 6.87. The minimum atomic E-state index is -0.989. The summed E-state index contributed by atoms with van der Waals surface area (Å²) in [5.74, 6) is 0.278. The first kappa shape index (κ1) is 15.6. The van der Waals surface area contributed by atoms with E-state index < -0.39 is 5.97 Å². The van der Waals surface area contributed by atoms with Gasteiger partial charge in [0.2, 0.25) is 0 Å². The third-order valence-corrected chi connectivity index (χ3v) is 3.50. The van der Waals surface area contributed by atoms with E-state index in [0.717, 1.165) is 11.3 Å². The van der Waals surface area contributed by atoms with Gasteiger partial charge in [-0.1, -0.05) is 30.3 Å². The number of carboxylic acid groups (broad SMARTS) is 1. The quantitative estimate of drug-likeness (QED) is 0.676. The number of ether oxygens (including phenoxy) is 1. The molecule has 0 saturated heterocycles. The highest BCUT2D eigenvalue weighted by molar-refractivity contribution is 5.95. The first-order valence-corrected chi connectivity index (χ1v) is 7.56. The maximum Gasteiger partial charge on any atom is 0.337 e. The van der Waals surface area contributed by atoms with Gasteiger partial charge in [-0.25, -0.2) is 4.79 Å². The van der Waals surface area contributed by atoms with Crippen LogP contribution in [-0.2, 0) is 0 Å². The summed E-state index contributed by atoms with van der Waals surface area (Å²) in [7, 11) is 0. The molecule has 0 aromatic heterocycles. The van der Waals surface area contributed by atoms with E-state index in [1.54, 1.807) is 18.2 Å². The van der Waals surface area contributed by atoms with Crippen LogP contribution in [0.4, 0.5) is 11.4 Å². The van der Waals surface area contributed by atoms with Crippen LogP contribution in [0.15, 0.2) is 72.8 Å². The molecule has 0 unspecified atom stereocenters. The van der Waals surface area contributed by atoms with Crippen molar-refractivity contribution in [1.82, 2.24) is 0 Å². The van der Waals surface area contributed by atoms with Gasteiger partial charge >= 0.3 is 5.97 Å². The van der Waals surface area contributed by atoms with Gasteiger partial charge in [-0.2, -0.15) is 0 Å². The van der Waals surface area contributed by atoms with Gasteiger partial charge in [0.1, 0.15) is 11.5 Å². The topological polar surface area (TPSA) is 58.6 Å². The molecule has 0 fully saturated rings. The first-order chi connectivity index (χ1) is 11.6. The summed E-state index contributed by atoms with van der Waals surface area (Å²) < 4.78 is 5.78. The Morgan fingerprint density at radius 2 is 1.71 bits per heavy atom. The molecule has 0 aliphatic rings. The number of benzene rings is 3. The molecular formula is C20H17NO3. The average Bonchev–Trinajstić information content (AvgIpc) is 2.56. The summed E-state index contributed by atoms with van der Waals surface area (Å²) in [6.07, 6.45) is 0. The number of para-hydroxylation sites is 1. The largest absolute Gasteiger partial charge is 0.478 e. The third-order valence-electron chi connectivity index (χ3n) is 3.50. The van der Waals surface area contributed by atoms with Gasteiger partial charge in [-0.3, -0.25) is 0 Å². The predicted molar refractivity (Wildman–Crippen MR) is 94.4 cm³/mol. The Morgan fingerprint density at radius 1 is 0.917 bits per heavy atom. The van der Waals surface area contributed by atoms with Crippen LogP contribution in [0.25, 0.3) is 0 Å². The smallest absolute Gasteiger partial charge is 0.337 e. The van der Waals surface area contributed by atoms with E-state index in [2.05, 4.69) is 5.32 Å². The zero-order valence-electron chi connectivity index (χ0n) is 13.2. The third kappa shape index (κ3) is 3.73. The van der Waals surface area contributed by atoms with Crippen molar-refractivity contribution in [2.24, 2.45) is 0 Å². The van der Waals surface area contributed by atoms with Crippen LogP contribution in [0.3, 0.4) is 0 Å². The minimum Gasteiger partial charge on any atom is -0.478 e. The van der Waals surface area contributed by atoms with Crippen LogP contribution in [0.1, 0.15) is 15.9 Å². The molecule has 4 heteroatoms. The predicted octanol–water partition coefficient (Wildman–Crippen LogP) is 5.23. The molecule has 24 heavy (non-hydrogen) atoms. The van der Waals surface area contributed by atoms with Gasteiger partial charge in [0.25, 0.3) is 0 Å². The van der Waals surface area contributed by atoms with Gasteiger partial charge in [-0.15, -0.1) is 0 Å². The fourth-order valence-electron chi connectivity index (χ4n) is 2.38. The Bertz CT molecular complexity index is 860. The maximum absolute atomic E-state index is 11.5. The van der Waals surface area contributed by atoms with Gasteiger partial charge < -0.3 is 15.2 Å². The number of carboxylic acids is 1. The minimum absolute atomic E-state index is 0.192. The summed E-state index contributed by atoms with van der Waals surface area (Å²) in [6, 6.07) is 22.0. The second-order valence-corrected chi connectivity index (χ2v) is 5.42. The second-order valence-electron chi connectivity index (χ2n) is 5.42. The van der Waals surface area contributed by atoms with E-state index >= 15 is 0 Å². The molecule has 0 amide bonds. The molecule has 0 radical (unpaired) electrons. The highest BCUT2D eigenvalue weighted by atomic mass is 16.5.